The molecule has 1 aliphatic heterocycles. The van der Waals surface area contributed by atoms with Crippen LogP contribution in [0.5, 0.6) is 5.75 Å². The first kappa shape index (κ1) is 13.9. The molecule has 2 unspecified atom stereocenters. The van der Waals surface area contributed by atoms with Gasteiger partial charge in [-0.25, -0.2) is 0 Å². The lowest BCUT2D eigenvalue weighted by atomic mass is 9.91. The first-order chi connectivity index (χ1) is 9.85. The van der Waals surface area contributed by atoms with E-state index in [9.17, 15) is 0 Å². The van der Waals surface area contributed by atoms with Crippen LogP contribution in [0.2, 0.25) is 0 Å². The maximum Gasteiger partial charge on any atom is 0.122 e. The lowest BCUT2D eigenvalue weighted by Crippen LogP contribution is -2.26. The number of aryl methyl sites for hydroxylation is 1. The van der Waals surface area contributed by atoms with Gasteiger partial charge >= 0.3 is 0 Å². The van der Waals surface area contributed by atoms with Gasteiger partial charge in [-0.05, 0) is 55.8 Å². The van der Waals surface area contributed by atoms with Crippen LogP contribution in [-0.2, 0) is 12.8 Å². The van der Waals surface area contributed by atoms with E-state index in [0.717, 1.165) is 30.7 Å². The summed E-state index contributed by atoms with van der Waals surface area (Å²) < 4.78 is 5.58. The van der Waals surface area contributed by atoms with E-state index in [-0.39, 0.29) is 0 Å². The van der Waals surface area contributed by atoms with E-state index >= 15 is 0 Å². The van der Waals surface area contributed by atoms with Gasteiger partial charge in [-0.15, -0.1) is 0 Å². The Balaban J connectivity index is 1.55. The van der Waals surface area contributed by atoms with Crippen LogP contribution in [0.1, 0.15) is 49.7 Å². The molecule has 1 fully saturated rings. The SMILES string of the molecule is CNC1CCCCC(CCc2ccc3c(c2)CCO3)C1. The van der Waals surface area contributed by atoms with E-state index in [4.69, 9.17) is 4.74 Å². The summed E-state index contributed by atoms with van der Waals surface area (Å²) >= 11 is 0. The number of hydrogen-bond donors (Lipinski definition) is 1. The Hall–Kier alpha value is -1.02. The maximum atomic E-state index is 5.58. The van der Waals surface area contributed by atoms with Gasteiger partial charge in [0, 0.05) is 12.5 Å². The van der Waals surface area contributed by atoms with Gasteiger partial charge in [0.1, 0.15) is 5.75 Å². The van der Waals surface area contributed by atoms with E-state index in [2.05, 4.69) is 30.6 Å². The molecule has 1 aliphatic carbocycles. The molecule has 0 amide bonds. The molecule has 0 radical (unpaired) electrons. The summed E-state index contributed by atoms with van der Waals surface area (Å²) in [7, 11) is 2.12. The molecule has 0 spiro atoms. The highest BCUT2D eigenvalue weighted by Crippen LogP contribution is 2.29. The quantitative estimate of drug-likeness (QED) is 0.844. The third-order valence-corrected chi connectivity index (χ3v) is 5.04. The molecule has 2 heteroatoms. The molecule has 0 aromatic heterocycles. The van der Waals surface area contributed by atoms with Crippen molar-refractivity contribution in [2.75, 3.05) is 13.7 Å². The molecule has 1 aromatic carbocycles. The molecule has 2 aliphatic rings. The molecule has 2 atom stereocenters. The molecule has 0 bridgehead atoms. The monoisotopic (exact) mass is 273 g/mol. The molecule has 110 valence electrons. The Labute approximate surface area is 122 Å². The van der Waals surface area contributed by atoms with Gasteiger partial charge in [0.2, 0.25) is 0 Å². The molecule has 1 aromatic rings. The summed E-state index contributed by atoms with van der Waals surface area (Å²) in [6.07, 6.45) is 10.6. The van der Waals surface area contributed by atoms with Crippen LogP contribution >= 0.6 is 0 Å². The minimum Gasteiger partial charge on any atom is -0.493 e. The van der Waals surface area contributed by atoms with Crippen molar-refractivity contribution in [3.8, 4) is 5.75 Å². The van der Waals surface area contributed by atoms with Crippen LogP contribution in [-0.4, -0.2) is 19.7 Å². The van der Waals surface area contributed by atoms with Crippen LogP contribution in [0.15, 0.2) is 18.2 Å². The predicted molar refractivity (Wildman–Crippen MR) is 83.4 cm³/mol. The second kappa shape index (κ2) is 6.62. The average Bonchev–Trinajstić information content (AvgIpc) is 2.82. The van der Waals surface area contributed by atoms with E-state index in [1.54, 1.807) is 0 Å². The van der Waals surface area contributed by atoms with Gasteiger partial charge in [-0.2, -0.15) is 0 Å². The number of nitrogens with one attached hydrogen (secondary N) is 1. The second-order valence-corrected chi connectivity index (χ2v) is 6.45. The Morgan fingerprint density at radius 2 is 2.15 bits per heavy atom. The Morgan fingerprint density at radius 3 is 3.05 bits per heavy atom. The summed E-state index contributed by atoms with van der Waals surface area (Å²) in [5, 5.41) is 3.49. The zero-order chi connectivity index (χ0) is 13.8. The summed E-state index contributed by atoms with van der Waals surface area (Å²) in [6.45, 7) is 0.866. The van der Waals surface area contributed by atoms with Gasteiger partial charge in [-0.3, -0.25) is 0 Å². The molecule has 3 rings (SSSR count). The second-order valence-electron chi connectivity index (χ2n) is 6.45. The van der Waals surface area contributed by atoms with Crippen molar-refractivity contribution in [3.05, 3.63) is 29.3 Å². The van der Waals surface area contributed by atoms with Crippen LogP contribution in [0.3, 0.4) is 0 Å². The van der Waals surface area contributed by atoms with Crippen molar-refractivity contribution in [3.63, 3.8) is 0 Å². The summed E-state index contributed by atoms with van der Waals surface area (Å²) in [5.41, 5.74) is 2.91. The summed E-state index contributed by atoms with van der Waals surface area (Å²) in [4.78, 5) is 0. The van der Waals surface area contributed by atoms with Crippen molar-refractivity contribution in [2.24, 2.45) is 5.92 Å². The lowest BCUT2D eigenvalue weighted by molar-refractivity contribution is 0.356. The summed E-state index contributed by atoms with van der Waals surface area (Å²) in [6, 6.07) is 7.54. The fraction of sp³-hybridized carbons (Fsp3) is 0.667. The molecule has 0 saturated heterocycles. The molecule has 2 nitrogen and oxygen atoms in total. The number of ether oxygens (including phenoxy) is 1. The number of fused-ring (bicyclic) bond motifs is 1. The lowest BCUT2D eigenvalue weighted by Gasteiger charge is -2.19. The molecule has 1 N–H and O–H groups in total. The Bertz CT molecular complexity index is 443. The Morgan fingerprint density at radius 1 is 1.25 bits per heavy atom. The summed E-state index contributed by atoms with van der Waals surface area (Å²) in [5.74, 6) is 2.01. The van der Waals surface area contributed by atoms with Gasteiger partial charge in [0.15, 0.2) is 0 Å². The fourth-order valence-electron chi connectivity index (χ4n) is 3.75. The highest BCUT2D eigenvalue weighted by atomic mass is 16.5. The normalized spacial score (nSPS) is 25.9. The van der Waals surface area contributed by atoms with Crippen molar-refractivity contribution >= 4 is 0 Å². The van der Waals surface area contributed by atoms with Crippen molar-refractivity contribution in [1.82, 2.24) is 5.32 Å². The zero-order valence-corrected chi connectivity index (χ0v) is 12.7. The first-order valence-corrected chi connectivity index (χ1v) is 8.27. The fourth-order valence-corrected chi connectivity index (χ4v) is 3.75. The third-order valence-electron chi connectivity index (χ3n) is 5.04. The van der Waals surface area contributed by atoms with Crippen molar-refractivity contribution in [2.45, 2.75) is 57.4 Å². The Kier molecular flexibility index (Phi) is 4.62. The topological polar surface area (TPSA) is 21.3 Å². The molecule has 20 heavy (non-hydrogen) atoms. The smallest absolute Gasteiger partial charge is 0.122 e. The average molecular weight is 273 g/mol. The largest absolute Gasteiger partial charge is 0.493 e. The van der Waals surface area contributed by atoms with Gasteiger partial charge < -0.3 is 10.1 Å². The zero-order valence-electron chi connectivity index (χ0n) is 12.7. The molecular formula is C18H27NO. The van der Waals surface area contributed by atoms with E-state index in [0.29, 0.717) is 0 Å². The minimum atomic E-state index is 0.746. The van der Waals surface area contributed by atoms with Crippen LogP contribution in [0.4, 0.5) is 0 Å². The van der Waals surface area contributed by atoms with Crippen molar-refractivity contribution in [1.29, 1.82) is 0 Å². The van der Waals surface area contributed by atoms with E-state index < -0.39 is 0 Å². The number of rotatable bonds is 4. The maximum absolute atomic E-state index is 5.58. The predicted octanol–water partition coefficient (Wildman–Crippen LogP) is 3.72. The minimum absolute atomic E-state index is 0.746. The standard InChI is InChI=1S/C18H27NO/c1-19-17-5-3-2-4-14(13-17)6-7-15-8-9-18-16(12-15)10-11-20-18/h8-9,12,14,17,19H,2-7,10-11,13H2,1H3. The highest BCUT2D eigenvalue weighted by molar-refractivity contribution is 5.39. The van der Waals surface area contributed by atoms with Gasteiger partial charge in [-0.1, -0.05) is 31.4 Å². The number of benzene rings is 1. The van der Waals surface area contributed by atoms with Crippen LogP contribution in [0, 0.1) is 5.92 Å². The van der Waals surface area contributed by atoms with Gasteiger partial charge in [0.25, 0.3) is 0 Å². The van der Waals surface area contributed by atoms with E-state index in [1.165, 1.54) is 56.1 Å². The number of hydrogen-bond acceptors (Lipinski definition) is 2. The molecule has 1 saturated carbocycles. The van der Waals surface area contributed by atoms with Crippen LogP contribution < -0.4 is 10.1 Å². The van der Waals surface area contributed by atoms with Crippen molar-refractivity contribution < 1.29 is 4.74 Å². The first-order valence-electron chi connectivity index (χ1n) is 8.27. The highest BCUT2D eigenvalue weighted by Gasteiger charge is 2.19. The third kappa shape index (κ3) is 3.35. The van der Waals surface area contributed by atoms with Gasteiger partial charge in [0.05, 0.1) is 6.61 Å². The van der Waals surface area contributed by atoms with Crippen LogP contribution in [0.25, 0.3) is 0 Å². The molecular weight excluding hydrogens is 246 g/mol. The molecule has 1 heterocycles. The van der Waals surface area contributed by atoms with E-state index in [1.807, 2.05) is 0 Å².